The first-order valence-corrected chi connectivity index (χ1v) is 8.13. The fourth-order valence-corrected chi connectivity index (χ4v) is 2.95. The number of amides is 2. The molecule has 1 aromatic heterocycles. The Kier molecular flexibility index (Phi) is 4.41. The van der Waals surface area contributed by atoms with E-state index in [1.54, 1.807) is 13.1 Å². The van der Waals surface area contributed by atoms with Crippen LogP contribution in [0.1, 0.15) is 54.6 Å². The number of pyridine rings is 1. The van der Waals surface area contributed by atoms with Crippen LogP contribution in [0.4, 0.5) is 0 Å². The van der Waals surface area contributed by atoms with Crippen LogP contribution in [0.3, 0.4) is 0 Å². The van der Waals surface area contributed by atoms with Crippen molar-refractivity contribution in [3.8, 4) is 0 Å². The average Bonchev–Trinajstić information content (AvgIpc) is 3.37. The smallest absolute Gasteiger partial charge is 0.252 e. The third-order valence-corrected chi connectivity index (χ3v) is 4.58. The van der Waals surface area contributed by atoms with Gasteiger partial charge in [-0.3, -0.25) is 14.6 Å². The molecule has 1 saturated carbocycles. The predicted octanol–water partition coefficient (Wildman–Crippen LogP) is 1.95. The fourth-order valence-electron chi connectivity index (χ4n) is 2.95. The minimum Gasteiger partial charge on any atom is -0.352 e. The van der Waals surface area contributed by atoms with Gasteiger partial charge in [-0.05, 0) is 43.7 Å². The lowest BCUT2D eigenvalue weighted by molar-refractivity contribution is -0.130. The second-order valence-electron chi connectivity index (χ2n) is 6.43. The van der Waals surface area contributed by atoms with Gasteiger partial charge in [0.15, 0.2) is 0 Å². The zero-order valence-electron chi connectivity index (χ0n) is 13.0. The largest absolute Gasteiger partial charge is 0.352 e. The van der Waals surface area contributed by atoms with Crippen LogP contribution in [0.2, 0.25) is 0 Å². The Morgan fingerprint density at radius 2 is 2.14 bits per heavy atom. The van der Waals surface area contributed by atoms with Gasteiger partial charge >= 0.3 is 0 Å². The topological polar surface area (TPSA) is 62.3 Å². The maximum atomic E-state index is 12.0. The van der Waals surface area contributed by atoms with Crippen LogP contribution in [0, 0.1) is 5.92 Å². The summed E-state index contributed by atoms with van der Waals surface area (Å²) < 4.78 is 0. The van der Waals surface area contributed by atoms with Crippen molar-refractivity contribution in [2.45, 2.75) is 38.5 Å². The van der Waals surface area contributed by atoms with E-state index in [0.717, 1.165) is 38.2 Å². The Balaban J connectivity index is 1.60. The van der Waals surface area contributed by atoms with Crippen LogP contribution in [0.25, 0.3) is 0 Å². The summed E-state index contributed by atoms with van der Waals surface area (Å²) in [5.74, 6) is 1.04. The number of nitrogens with one attached hydrogen (secondary N) is 1. The normalized spacial score (nSPS) is 21.5. The number of nitrogens with zero attached hydrogens (tertiary/aromatic N) is 2. The molecular weight excluding hydrogens is 278 g/mol. The van der Waals surface area contributed by atoms with Crippen molar-refractivity contribution in [1.82, 2.24) is 15.2 Å². The van der Waals surface area contributed by atoms with E-state index in [-0.39, 0.29) is 17.7 Å². The van der Waals surface area contributed by atoms with Crippen LogP contribution in [0.15, 0.2) is 18.3 Å². The lowest BCUT2D eigenvalue weighted by Gasteiger charge is -2.31. The molecule has 0 aromatic carbocycles. The minimum absolute atomic E-state index is 0.0417. The van der Waals surface area contributed by atoms with E-state index < -0.39 is 0 Å². The van der Waals surface area contributed by atoms with Crippen molar-refractivity contribution in [2.75, 3.05) is 19.6 Å². The number of carbonyl (C=O) groups is 2. The van der Waals surface area contributed by atoms with E-state index in [1.807, 2.05) is 17.0 Å². The van der Waals surface area contributed by atoms with Gasteiger partial charge in [-0.25, -0.2) is 0 Å². The van der Waals surface area contributed by atoms with Gasteiger partial charge in [-0.15, -0.1) is 0 Å². The first-order chi connectivity index (χ1) is 10.6. The van der Waals surface area contributed by atoms with E-state index in [1.165, 1.54) is 12.8 Å². The SMILES string of the molecule is CC(=O)N1CCC[C@H](c2ccc(C(=O)NCC3CC3)cn2)C1. The summed E-state index contributed by atoms with van der Waals surface area (Å²) in [6.45, 7) is 3.96. The van der Waals surface area contributed by atoms with Gasteiger partial charge in [0.05, 0.1) is 5.56 Å². The summed E-state index contributed by atoms with van der Waals surface area (Å²) in [6.07, 6.45) is 6.17. The molecule has 0 spiro atoms. The monoisotopic (exact) mass is 301 g/mol. The lowest BCUT2D eigenvalue weighted by Crippen LogP contribution is -2.37. The summed E-state index contributed by atoms with van der Waals surface area (Å²) in [7, 11) is 0. The molecule has 1 aromatic rings. The molecule has 0 bridgehead atoms. The van der Waals surface area contributed by atoms with E-state index in [9.17, 15) is 9.59 Å². The van der Waals surface area contributed by atoms with E-state index in [4.69, 9.17) is 0 Å². The second kappa shape index (κ2) is 6.46. The Bertz CT molecular complexity index is 552. The van der Waals surface area contributed by atoms with Gasteiger partial charge in [0, 0.05) is 44.4 Å². The fraction of sp³-hybridized carbons (Fsp3) is 0.588. The van der Waals surface area contributed by atoms with Gasteiger partial charge in [0.25, 0.3) is 5.91 Å². The molecule has 5 heteroatoms. The number of piperidine rings is 1. The standard InChI is InChI=1S/C17H23N3O2/c1-12(21)20-8-2-3-15(11-20)16-7-6-14(10-18-16)17(22)19-9-13-4-5-13/h6-7,10,13,15H,2-5,8-9,11H2,1H3,(H,19,22)/t15-/m0/s1. The molecule has 2 heterocycles. The number of rotatable bonds is 4. The highest BCUT2D eigenvalue weighted by molar-refractivity contribution is 5.93. The summed E-state index contributed by atoms with van der Waals surface area (Å²) in [6, 6.07) is 3.78. The van der Waals surface area contributed by atoms with Crippen molar-refractivity contribution in [2.24, 2.45) is 5.92 Å². The van der Waals surface area contributed by atoms with Gasteiger partial charge in [0.1, 0.15) is 0 Å². The van der Waals surface area contributed by atoms with Crippen LogP contribution < -0.4 is 5.32 Å². The highest BCUT2D eigenvalue weighted by atomic mass is 16.2. The van der Waals surface area contributed by atoms with E-state index in [2.05, 4.69) is 10.3 Å². The van der Waals surface area contributed by atoms with Crippen molar-refractivity contribution in [1.29, 1.82) is 0 Å². The molecular formula is C17H23N3O2. The minimum atomic E-state index is -0.0417. The predicted molar refractivity (Wildman–Crippen MR) is 83.5 cm³/mol. The van der Waals surface area contributed by atoms with Crippen molar-refractivity contribution in [3.05, 3.63) is 29.6 Å². The average molecular weight is 301 g/mol. The molecule has 1 atom stereocenters. The van der Waals surface area contributed by atoms with Crippen molar-refractivity contribution >= 4 is 11.8 Å². The Morgan fingerprint density at radius 3 is 2.77 bits per heavy atom. The van der Waals surface area contributed by atoms with Crippen LogP contribution >= 0.6 is 0 Å². The highest BCUT2D eigenvalue weighted by Gasteiger charge is 2.24. The summed E-state index contributed by atoms with van der Waals surface area (Å²) in [5, 5.41) is 2.95. The number of hydrogen-bond acceptors (Lipinski definition) is 3. The number of likely N-dealkylation sites (tertiary alicyclic amines) is 1. The van der Waals surface area contributed by atoms with Gasteiger partial charge in [-0.1, -0.05) is 0 Å². The molecule has 5 nitrogen and oxygen atoms in total. The lowest BCUT2D eigenvalue weighted by atomic mass is 9.94. The van der Waals surface area contributed by atoms with Crippen LogP contribution in [-0.2, 0) is 4.79 Å². The summed E-state index contributed by atoms with van der Waals surface area (Å²) in [4.78, 5) is 29.8. The molecule has 0 unspecified atom stereocenters. The van der Waals surface area contributed by atoms with Crippen LogP contribution in [-0.4, -0.2) is 41.3 Å². The molecule has 1 aliphatic heterocycles. The highest BCUT2D eigenvalue weighted by Crippen LogP contribution is 2.28. The Labute approximate surface area is 131 Å². The zero-order valence-corrected chi connectivity index (χ0v) is 13.0. The Morgan fingerprint density at radius 1 is 1.32 bits per heavy atom. The summed E-state index contributed by atoms with van der Waals surface area (Å²) >= 11 is 0. The molecule has 0 radical (unpaired) electrons. The molecule has 2 aliphatic rings. The zero-order chi connectivity index (χ0) is 15.5. The molecule has 1 N–H and O–H groups in total. The van der Waals surface area contributed by atoms with Crippen molar-refractivity contribution in [3.63, 3.8) is 0 Å². The third-order valence-electron chi connectivity index (χ3n) is 4.58. The van der Waals surface area contributed by atoms with Gasteiger partial charge in [-0.2, -0.15) is 0 Å². The number of carbonyl (C=O) groups excluding carboxylic acids is 2. The van der Waals surface area contributed by atoms with Gasteiger partial charge < -0.3 is 10.2 Å². The quantitative estimate of drug-likeness (QED) is 0.924. The third kappa shape index (κ3) is 3.64. The molecule has 2 fully saturated rings. The van der Waals surface area contributed by atoms with E-state index in [0.29, 0.717) is 11.5 Å². The van der Waals surface area contributed by atoms with Gasteiger partial charge in [0.2, 0.25) is 5.91 Å². The molecule has 1 saturated heterocycles. The molecule has 118 valence electrons. The first kappa shape index (κ1) is 15.0. The maximum Gasteiger partial charge on any atom is 0.252 e. The Hall–Kier alpha value is -1.91. The first-order valence-electron chi connectivity index (χ1n) is 8.13. The molecule has 22 heavy (non-hydrogen) atoms. The second-order valence-corrected chi connectivity index (χ2v) is 6.43. The number of aromatic nitrogens is 1. The van der Waals surface area contributed by atoms with Crippen molar-refractivity contribution < 1.29 is 9.59 Å². The van der Waals surface area contributed by atoms with Crippen LogP contribution in [0.5, 0.6) is 0 Å². The molecule has 2 amide bonds. The summed E-state index contributed by atoms with van der Waals surface area (Å²) in [5.41, 5.74) is 1.59. The maximum absolute atomic E-state index is 12.0. The molecule has 3 rings (SSSR count). The van der Waals surface area contributed by atoms with E-state index >= 15 is 0 Å². The number of hydrogen-bond donors (Lipinski definition) is 1. The molecule has 1 aliphatic carbocycles.